The van der Waals surface area contributed by atoms with Gasteiger partial charge in [0.15, 0.2) is 0 Å². The fourth-order valence-corrected chi connectivity index (χ4v) is 0.704. The van der Waals surface area contributed by atoms with Crippen molar-refractivity contribution >= 4 is 18.1 Å². The SMILES string of the molecule is CCN(C(=N)NC(=O)OC)C(=O)OC. The highest BCUT2D eigenvalue weighted by Gasteiger charge is 2.18. The molecule has 0 aliphatic rings. The average molecular weight is 203 g/mol. The monoisotopic (exact) mass is 203 g/mol. The highest BCUT2D eigenvalue weighted by molar-refractivity contribution is 5.99. The van der Waals surface area contributed by atoms with Crippen molar-refractivity contribution in [2.75, 3.05) is 20.8 Å². The topological polar surface area (TPSA) is 91.7 Å². The number of amides is 2. The van der Waals surface area contributed by atoms with Crippen LogP contribution in [0, 0.1) is 5.41 Å². The first-order valence-corrected chi connectivity index (χ1v) is 3.85. The van der Waals surface area contributed by atoms with Gasteiger partial charge in [0.25, 0.3) is 0 Å². The molecule has 0 aromatic carbocycles. The molecule has 7 nitrogen and oxygen atoms in total. The zero-order valence-electron chi connectivity index (χ0n) is 8.29. The second kappa shape index (κ2) is 5.79. The van der Waals surface area contributed by atoms with E-state index in [1.165, 1.54) is 7.11 Å². The maximum Gasteiger partial charge on any atom is 0.416 e. The van der Waals surface area contributed by atoms with Crippen LogP contribution in [-0.4, -0.2) is 43.8 Å². The van der Waals surface area contributed by atoms with Crippen molar-refractivity contribution in [3.05, 3.63) is 0 Å². The van der Waals surface area contributed by atoms with Gasteiger partial charge in [-0.1, -0.05) is 0 Å². The van der Waals surface area contributed by atoms with Gasteiger partial charge in [-0.3, -0.25) is 10.7 Å². The van der Waals surface area contributed by atoms with Crippen LogP contribution in [0.1, 0.15) is 6.92 Å². The molecule has 2 amide bonds. The molecule has 0 bridgehead atoms. The van der Waals surface area contributed by atoms with Crippen molar-refractivity contribution in [2.45, 2.75) is 6.92 Å². The van der Waals surface area contributed by atoms with Gasteiger partial charge in [0.1, 0.15) is 0 Å². The Kier molecular flexibility index (Phi) is 5.05. The van der Waals surface area contributed by atoms with Crippen LogP contribution in [-0.2, 0) is 9.47 Å². The van der Waals surface area contributed by atoms with Crippen molar-refractivity contribution in [2.24, 2.45) is 0 Å². The zero-order chi connectivity index (χ0) is 11.1. The Hall–Kier alpha value is -1.79. The molecule has 0 atom stereocenters. The van der Waals surface area contributed by atoms with Crippen LogP contribution in [0.2, 0.25) is 0 Å². The van der Waals surface area contributed by atoms with E-state index in [-0.39, 0.29) is 12.5 Å². The lowest BCUT2D eigenvalue weighted by molar-refractivity contribution is 0.145. The number of hydrogen-bond donors (Lipinski definition) is 2. The van der Waals surface area contributed by atoms with E-state index in [2.05, 4.69) is 9.47 Å². The number of guanidine groups is 1. The Bertz CT molecular complexity index is 241. The van der Waals surface area contributed by atoms with E-state index in [4.69, 9.17) is 5.41 Å². The quantitative estimate of drug-likeness (QED) is 0.475. The highest BCUT2D eigenvalue weighted by Crippen LogP contribution is 1.92. The lowest BCUT2D eigenvalue weighted by Crippen LogP contribution is -2.46. The molecule has 0 fully saturated rings. The standard InChI is InChI=1S/C7H13N3O4/c1-4-10(7(12)14-3)5(8)9-6(11)13-2/h4H2,1-3H3,(H2,8,9,11). The van der Waals surface area contributed by atoms with Gasteiger partial charge in [0.2, 0.25) is 5.96 Å². The third-order valence-corrected chi connectivity index (χ3v) is 1.39. The first-order chi connectivity index (χ1) is 6.56. The van der Waals surface area contributed by atoms with Gasteiger partial charge in [-0.2, -0.15) is 0 Å². The van der Waals surface area contributed by atoms with E-state index in [0.717, 1.165) is 12.0 Å². The predicted octanol–water partition coefficient (Wildman–Crippen LogP) is 0.365. The summed E-state index contributed by atoms with van der Waals surface area (Å²) in [6, 6.07) is 0. The smallest absolute Gasteiger partial charge is 0.416 e. The Morgan fingerprint density at radius 2 is 1.93 bits per heavy atom. The van der Waals surface area contributed by atoms with E-state index in [0.29, 0.717) is 0 Å². The van der Waals surface area contributed by atoms with Gasteiger partial charge >= 0.3 is 12.2 Å². The van der Waals surface area contributed by atoms with Gasteiger partial charge in [-0.15, -0.1) is 0 Å². The first kappa shape index (κ1) is 12.2. The minimum Gasteiger partial charge on any atom is -0.453 e. The van der Waals surface area contributed by atoms with Crippen LogP contribution in [0.25, 0.3) is 0 Å². The molecule has 0 radical (unpaired) electrons. The number of methoxy groups -OCH3 is 2. The molecule has 0 aromatic rings. The summed E-state index contributed by atoms with van der Waals surface area (Å²) >= 11 is 0. The maximum atomic E-state index is 11.0. The first-order valence-electron chi connectivity index (χ1n) is 3.85. The number of nitrogens with zero attached hydrogens (tertiary/aromatic N) is 1. The zero-order valence-corrected chi connectivity index (χ0v) is 8.29. The number of rotatable bonds is 1. The van der Waals surface area contributed by atoms with Crippen molar-refractivity contribution in [1.82, 2.24) is 10.2 Å². The second-order valence-electron chi connectivity index (χ2n) is 2.18. The number of carbonyl (C=O) groups excluding carboxylic acids is 2. The van der Waals surface area contributed by atoms with Crippen molar-refractivity contribution in [3.63, 3.8) is 0 Å². The Morgan fingerprint density at radius 1 is 1.36 bits per heavy atom. The summed E-state index contributed by atoms with van der Waals surface area (Å²) in [5.41, 5.74) is 0. The Morgan fingerprint density at radius 3 is 2.29 bits per heavy atom. The molecule has 0 heterocycles. The fourth-order valence-electron chi connectivity index (χ4n) is 0.704. The number of hydrogen-bond acceptors (Lipinski definition) is 5. The minimum absolute atomic E-state index is 0.218. The van der Waals surface area contributed by atoms with Crippen LogP contribution in [0.5, 0.6) is 0 Å². The number of alkyl carbamates (subject to hydrolysis) is 1. The van der Waals surface area contributed by atoms with Crippen molar-refractivity contribution in [3.8, 4) is 0 Å². The summed E-state index contributed by atoms with van der Waals surface area (Å²) in [5, 5.41) is 9.37. The van der Waals surface area contributed by atoms with Crippen LogP contribution < -0.4 is 5.32 Å². The Balaban J connectivity index is 4.32. The third-order valence-electron chi connectivity index (χ3n) is 1.39. The molecule has 0 rings (SSSR count). The lowest BCUT2D eigenvalue weighted by Gasteiger charge is -2.19. The molecule has 0 unspecified atom stereocenters. The van der Waals surface area contributed by atoms with E-state index in [1.54, 1.807) is 6.92 Å². The largest absolute Gasteiger partial charge is 0.453 e. The maximum absolute atomic E-state index is 11.0. The fraction of sp³-hybridized carbons (Fsp3) is 0.571. The molecule has 2 N–H and O–H groups in total. The van der Waals surface area contributed by atoms with Gasteiger partial charge in [0, 0.05) is 6.54 Å². The van der Waals surface area contributed by atoms with Gasteiger partial charge < -0.3 is 9.47 Å². The molecule has 0 aliphatic carbocycles. The minimum atomic E-state index is -0.808. The van der Waals surface area contributed by atoms with E-state index in [9.17, 15) is 9.59 Å². The summed E-state index contributed by atoms with van der Waals surface area (Å²) < 4.78 is 8.65. The summed E-state index contributed by atoms with van der Waals surface area (Å²) in [4.78, 5) is 22.7. The summed E-state index contributed by atoms with van der Waals surface area (Å²) in [7, 11) is 2.35. The summed E-state index contributed by atoms with van der Waals surface area (Å²) in [6.45, 7) is 1.86. The number of carbonyl (C=O) groups is 2. The van der Waals surface area contributed by atoms with Crippen molar-refractivity contribution in [1.29, 1.82) is 5.41 Å². The lowest BCUT2D eigenvalue weighted by atomic mass is 10.6. The molecule has 0 aliphatic heterocycles. The average Bonchev–Trinajstić information content (AvgIpc) is 2.18. The van der Waals surface area contributed by atoms with Gasteiger partial charge in [0.05, 0.1) is 14.2 Å². The van der Waals surface area contributed by atoms with Crippen LogP contribution in [0.15, 0.2) is 0 Å². The molecule has 0 spiro atoms. The van der Waals surface area contributed by atoms with E-state index >= 15 is 0 Å². The van der Waals surface area contributed by atoms with E-state index in [1.807, 2.05) is 5.32 Å². The number of ether oxygens (including phenoxy) is 2. The highest BCUT2D eigenvalue weighted by atomic mass is 16.5. The molecule has 14 heavy (non-hydrogen) atoms. The summed E-state index contributed by atoms with van der Waals surface area (Å²) in [5.74, 6) is -0.383. The van der Waals surface area contributed by atoms with Crippen LogP contribution in [0.4, 0.5) is 9.59 Å². The Labute approximate surface area is 81.5 Å². The van der Waals surface area contributed by atoms with Gasteiger partial charge in [-0.05, 0) is 6.92 Å². The predicted molar refractivity (Wildman–Crippen MR) is 48.1 cm³/mol. The number of nitrogens with one attached hydrogen (secondary N) is 2. The van der Waals surface area contributed by atoms with Gasteiger partial charge in [-0.25, -0.2) is 14.5 Å². The molecular formula is C7H13N3O4. The van der Waals surface area contributed by atoms with Crippen LogP contribution >= 0.6 is 0 Å². The molecular weight excluding hydrogens is 190 g/mol. The molecule has 7 heteroatoms. The second-order valence-corrected chi connectivity index (χ2v) is 2.18. The molecule has 0 aromatic heterocycles. The van der Waals surface area contributed by atoms with Crippen molar-refractivity contribution < 1.29 is 19.1 Å². The molecule has 80 valence electrons. The van der Waals surface area contributed by atoms with Crippen LogP contribution in [0.3, 0.4) is 0 Å². The molecule has 0 saturated heterocycles. The normalized spacial score (nSPS) is 8.79. The summed E-state index contributed by atoms with van der Waals surface area (Å²) in [6.07, 6.45) is -1.52. The van der Waals surface area contributed by atoms with E-state index < -0.39 is 12.2 Å². The molecule has 0 saturated carbocycles. The third kappa shape index (κ3) is 3.30.